The van der Waals surface area contributed by atoms with E-state index in [1.165, 1.54) is 11.1 Å². The van der Waals surface area contributed by atoms with Gasteiger partial charge in [0.05, 0.1) is 0 Å². The molecule has 0 fully saturated rings. The summed E-state index contributed by atoms with van der Waals surface area (Å²) in [6.45, 7) is 4.26. The second-order valence-electron chi connectivity index (χ2n) is 7.96. The molecule has 2 N–H and O–H groups in total. The Bertz CT molecular complexity index is 1080. The van der Waals surface area contributed by atoms with E-state index in [1.54, 1.807) is 6.07 Å². The van der Waals surface area contributed by atoms with E-state index in [0.29, 0.717) is 24.4 Å². The SMILES string of the molecule is CC1c2cc(O)ccc2CCN1Cc1ccccc1C(=O)NC/C=C/c1ccccc1. The highest BCUT2D eigenvalue weighted by molar-refractivity contribution is 5.95. The summed E-state index contributed by atoms with van der Waals surface area (Å²) in [5.41, 5.74) is 5.30. The lowest BCUT2D eigenvalue weighted by molar-refractivity contribution is 0.0954. The van der Waals surface area contributed by atoms with Gasteiger partial charge >= 0.3 is 0 Å². The number of amides is 1. The van der Waals surface area contributed by atoms with Gasteiger partial charge in [-0.1, -0.05) is 66.7 Å². The number of fused-ring (bicyclic) bond motifs is 1. The minimum absolute atomic E-state index is 0.0592. The number of nitrogens with zero attached hydrogens (tertiary/aromatic N) is 1. The molecule has 1 aliphatic rings. The van der Waals surface area contributed by atoms with Gasteiger partial charge in [-0.3, -0.25) is 9.69 Å². The van der Waals surface area contributed by atoms with E-state index in [4.69, 9.17) is 0 Å². The maximum atomic E-state index is 12.8. The van der Waals surface area contributed by atoms with Gasteiger partial charge in [0.25, 0.3) is 5.91 Å². The fraction of sp³-hybridized carbons (Fsp3) is 0.222. The van der Waals surface area contributed by atoms with Crippen molar-refractivity contribution in [1.29, 1.82) is 0 Å². The van der Waals surface area contributed by atoms with E-state index in [0.717, 1.165) is 24.1 Å². The third kappa shape index (κ3) is 5.04. The molecule has 4 nitrogen and oxygen atoms in total. The van der Waals surface area contributed by atoms with Crippen LogP contribution in [-0.2, 0) is 13.0 Å². The number of aromatic hydroxyl groups is 1. The summed E-state index contributed by atoms with van der Waals surface area (Å²) in [5.74, 6) is 0.242. The number of benzene rings is 3. The average molecular weight is 413 g/mol. The lowest BCUT2D eigenvalue weighted by atomic mass is 9.92. The quantitative estimate of drug-likeness (QED) is 0.602. The fourth-order valence-corrected chi connectivity index (χ4v) is 4.17. The molecule has 1 heterocycles. The highest BCUT2D eigenvalue weighted by Gasteiger charge is 2.25. The molecule has 0 spiro atoms. The predicted octanol–water partition coefficient (Wildman–Crippen LogP) is 4.95. The second-order valence-corrected chi connectivity index (χ2v) is 7.96. The minimum Gasteiger partial charge on any atom is -0.508 e. The Morgan fingerprint density at radius 2 is 1.87 bits per heavy atom. The molecule has 0 aliphatic carbocycles. The zero-order valence-electron chi connectivity index (χ0n) is 17.8. The van der Waals surface area contributed by atoms with Crippen molar-refractivity contribution in [3.8, 4) is 5.75 Å². The number of hydrogen-bond acceptors (Lipinski definition) is 3. The van der Waals surface area contributed by atoms with Gasteiger partial charge in [0.15, 0.2) is 0 Å². The summed E-state index contributed by atoms with van der Waals surface area (Å²) >= 11 is 0. The average Bonchev–Trinajstić information content (AvgIpc) is 2.80. The molecule has 0 bridgehead atoms. The number of phenols is 1. The molecule has 3 aromatic carbocycles. The summed E-state index contributed by atoms with van der Waals surface area (Å²) in [6.07, 6.45) is 4.92. The van der Waals surface area contributed by atoms with Gasteiger partial charge in [-0.15, -0.1) is 0 Å². The molecule has 0 saturated carbocycles. The van der Waals surface area contributed by atoms with Crippen molar-refractivity contribution in [2.24, 2.45) is 0 Å². The summed E-state index contributed by atoms with van der Waals surface area (Å²) in [5, 5.41) is 12.9. The molecular weight excluding hydrogens is 384 g/mol. The molecular formula is C27H28N2O2. The zero-order valence-corrected chi connectivity index (χ0v) is 17.8. The summed E-state index contributed by atoms with van der Waals surface area (Å²) in [6, 6.07) is 23.7. The van der Waals surface area contributed by atoms with E-state index >= 15 is 0 Å². The molecule has 31 heavy (non-hydrogen) atoms. The molecule has 0 aromatic heterocycles. The van der Waals surface area contributed by atoms with Crippen LogP contribution in [0.4, 0.5) is 0 Å². The summed E-state index contributed by atoms with van der Waals surface area (Å²) in [4.78, 5) is 15.2. The predicted molar refractivity (Wildman–Crippen MR) is 125 cm³/mol. The number of carbonyl (C=O) groups excluding carboxylic acids is 1. The Hall–Kier alpha value is -3.37. The summed E-state index contributed by atoms with van der Waals surface area (Å²) < 4.78 is 0. The van der Waals surface area contributed by atoms with Gasteiger partial charge in [-0.2, -0.15) is 0 Å². The Morgan fingerprint density at radius 1 is 1.10 bits per heavy atom. The van der Waals surface area contributed by atoms with Gasteiger partial charge < -0.3 is 10.4 Å². The van der Waals surface area contributed by atoms with Gasteiger partial charge in [0, 0.05) is 31.2 Å². The van der Waals surface area contributed by atoms with Crippen molar-refractivity contribution >= 4 is 12.0 Å². The number of hydrogen-bond donors (Lipinski definition) is 2. The molecule has 4 rings (SSSR count). The molecule has 1 amide bonds. The van der Waals surface area contributed by atoms with Crippen LogP contribution in [0.1, 0.15) is 45.6 Å². The number of carbonyl (C=O) groups is 1. The van der Waals surface area contributed by atoms with Crippen LogP contribution in [0, 0.1) is 0 Å². The molecule has 3 aromatic rings. The van der Waals surface area contributed by atoms with E-state index in [9.17, 15) is 9.90 Å². The van der Waals surface area contributed by atoms with Crippen LogP contribution in [0.15, 0.2) is 78.9 Å². The Kier molecular flexibility index (Phi) is 6.48. The van der Waals surface area contributed by atoms with Crippen molar-refractivity contribution in [1.82, 2.24) is 10.2 Å². The molecule has 0 radical (unpaired) electrons. The Labute approximate surface area is 183 Å². The van der Waals surface area contributed by atoms with E-state index in [-0.39, 0.29) is 11.9 Å². The highest BCUT2D eigenvalue weighted by atomic mass is 16.3. The third-order valence-corrected chi connectivity index (χ3v) is 5.92. The van der Waals surface area contributed by atoms with Crippen molar-refractivity contribution < 1.29 is 9.90 Å². The van der Waals surface area contributed by atoms with E-state index in [2.05, 4.69) is 17.1 Å². The van der Waals surface area contributed by atoms with Crippen LogP contribution >= 0.6 is 0 Å². The monoisotopic (exact) mass is 412 g/mol. The number of phenolic OH excluding ortho intramolecular Hbond substituents is 1. The lowest BCUT2D eigenvalue weighted by Crippen LogP contribution is -2.34. The van der Waals surface area contributed by atoms with Crippen LogP contribution in [0.5, 0.6) is 5.75 Å². The molecule has 1 aliphatic heterocycles. The molecule has 158 valence electrons. The highest BCUT2D eigenvalue weighted by Crippen LogP contribution is 2.33. The van der Waals surface area contributed by atoms with Crippen LogP contribution < -0.4 is 5.32 Å². The summed E-state index contributed by atoms with van der Waals surface area (Å²) in [7, 11) is 0. The first-order valence-electron chi connectivity index (χ1n) is 10.8. The van der Waals surface area contributed by atoms with Crippen LogP contribution in [0.3, 0.4) is 0 Å². The standard InChI is InChI=1S/C27H28N2O2/c1-20-26-18-24(30)14-13-22(26)15-17-29(20)19-23-11-5-6-12-25(23)27(31)28-16-7-10-21-8-3-2-4-9-21/h2-14,18,20,30H,15-17,19H2,1H3,(H,28,31)/b10-7+. The second kappa shape index (κ2) is 9.63. The Morgan fingerprint density at radius 3 is 2.71 bits per heavy atom. The fourth-order valence-electron chi connectivity index (χ4n) is 4.17. The van der Waals surface area contributed by atoms with Gasteiger partial charge in [-0.05, 0) is 53.8 Å². The van der Waals surface area contributed by atoms with E-state index in [1.807, 2.05) is 78.9 Å². The number of rotatable bonds is 6. The molecule has 1 atom stereocenters. The largest absolute Gasteiger partial charge is 0.508 e. The van der Waals surface area contributed by atoms with Crippen LogP contribution in [0.25, 0.3) is 6.08 Å². The maximum Gasteiger partial charge on any atom is 0.251 e. The molecule has 4 heteroatoms. The van der Waals surface area contributed by atoms with Gasteiger partial charge in [-0.25, -0.2) is 0 Å². The Balaban J connectivity index is 1.42. The maximum absolute atomic E-state index is 12.8. The first-order chi connectivity index (χ1) is 15.1. The zero-order chi connectivity index (χ0) is 21.6. The number of nitrogens with one attached hydrogen (secondary N) is 1. The van der Waals surface area contributed by atoms with Crippen molar-refractivity contribution in [3.05, 3.63) is 107 Å². The van der Waals surface area contributed by atoms with Crippen LogP contribution in [0.2, 0.25) is 0 Å². The molecule has 1 unspecified atom stereocenters. The van der Waals surface area contributed by atoms with Crippen molar-refractivity contribution in [3.63, 3.8) is 0 Å². The normalized spacial score (nSPS) is 16.2. The lowest BCUT2D eigenvalue weighted by Gasteiger charge is -2.35. The minimum atomic E-state index is -0.0592. The first kappa shape index (κ1) is 20.9. The first-order valence-corrected chi connectivity index (χ1v) is 10.8. The molecule has 0 saturated heterocycles. The van der Waals surface area contributed by atoms with Crippen molar-refractivity contribution in [2.75, 3.05) is 13.1 Å². The topological polar surface area (TPSA) is 52.6 Å². The third-order valence-electron chi connectivity index (χ3n) is 5.92. The van der Waals surface area contributed by atoms with Gasteiger partial charge in [0.1, 0.15) is 5.75 Å². The van der Waals surface area contributed by atoms with Crippen molar-refractivity contribution in [2.45, 2.75) is 25.9 Å². The smallest absolute Gasteiger partial charge is 0.251 e. The van der Waals surface area contributed by atoms with Crippen LogP contribution in [-0.4, -0.2) is 29.0 Å². The van der Waals surface area contributed by atoms with E-state index < -0.39 is 0 Å². The van der Waals surface area contributed by atoms with Gasteiger partial charge in [0.2, 0.25) is 0 Å².